The van der Waals surface area contributed by atoms with E-state index in [9.17, 15) is 0 Å². The van der Waals surface area contributed by atoms with Gasteiger partial charge in [0.05, 0.1) is 10.5 Å². The van der Waals surface area contributed by atoms with Gasteiger partial charge in [-0.2, -0.15) is 0 Å². The van der Waals surface area contributed by atoms with E-state index in [-0.39, 0.29) is 5.50 Å². The molecular formula is C5H10BrClN2. The Hall–Kier alpha value is 0.690. The van der Waals surface area contributed by atoms with Gasteiger partial charge in [-0.1, -0.05) is 15.9 Å². The molecule has 0 bridgehead atoms. The standard InChI is InChI=1S/C5H10BrClN2/c1-3-5(7)8-2-4(6)9-3/h3-5,8-9H,2H2,1H3. The second-order valence-electron chi connectivity index (χ2n) is 2.23. The zero-order valence-electron chi connectivity index (χ0n) is 5.20. The molecule has 0 aromatic rings. The van der Waals surface area contributed by atoms with Crippen LogP contribution in [0, 0.1) is 0 Å². The van der Waals surface area contributed by atoms with E-state index in [0.717, 1.165) is 6.54 Å². The summed E-state index contributed by atoms with van der Waals surface area (Å²) in [6, 6.07) is 0.338. The first-order valence-electron chi connectivity index (χ1n) is 2.97. The van der Waals surface area contributed by atoms with Crippen molar-refractivity contribution < 1.29 is 0 Å². The summed E-state index contributed by atoms with van der Waals surface area (Å²) in [5.41, 5.74) is 0.0683. The normalized spacial score (nSPS) is 45.0. The zero-order chi connectivity index (χ0) is 6.85. The summed E-state index contributed by atoms with van der Waals surface area (Å²) in [5, 5.41) is 6.39. The van der Waals surface area contributed by atoms with Crippen molar-refractivity contribution in [2.45, 2.75) is 23.4 Å². The van der Waals surface area contributed by atoms with Crippen LogP contribution in [-0.4, -0.2) is 23.0 Å². The molecule has 3 unspecified atom stereocenters. The molecule has 0 saturated carbocycles. The third kappa shape index (κ3) is 2.08. The van der Waals surface area contributed by atoms with Crippen molar-refractivity contribution in [3.63, 3.8) is 0 Å². The van der Waals surface area contributed by atoms with Crippen molar-refractivity contribution >= 4 is 27.5 Å². The molecule has 1 aliphatic heterocycles. The minimum absolute atomic E-state index is 0.0683. The summed E-state index contributed by atoms with van der Waals surface area (Å²) in [5.74, 6) is 0. The van der Waals surface area contributed by atoms with E-state index in [0.29, 0.717) is 11.0 Å². The monoisotopic (exact) mass is 212 g/mol. The molecule has 4 heteroatoms. The number of alkyl halides is 2. The Labute approximate surface area is 68.5 Å². The Kier molecular flexibility index (Phi) is 2.76. The molecule has 0 amide bonds. The molecule has 9 heavy (non-hydrogen) atoms. The number of hydrogen-bond acceptors (Lipinski definition) is 2. The fourth-order valence-corrected chi connectivity index (χ4v) is 1.59. The molecular weight excluding hydrogens is 203 g/mol. The topological polar surface area (TPSA) is 24.1 Å². The van der Waals surface area contributed by atoms with E-state index in [1.165, 1.54) is 0 Å². The lowest BCUT2D eigenvalue weighted by Crippen LogP contribution is -2.55. The van der Waals surface area contributed by atoms with E-state index in [4.69, 9.17) is 11.6 Å². The number of piperazine rings is 1. The van der Waals surface area contributed by atoms with Gasteiger partial charge < -0.3 is 0 Å². The Morgan fingerprint density at radius 3 is 2.78 bits per heavy atom. The minimum Gasteiger partial charge on any atom is -0.298 e. The lowest BCUT2D eigenvalue weighted by molar-refractivity contribution is 0.395. The van der Waals surface area contributed by atoms with Crippen LogP contribution in [0.1, 0.15) is 6.92 Å². The maximum atomic E-state index is 5.84. The first-order chi connectivity index (χ1) is 4.20. The Balaban J connectivity index is 2.35. The third-order valence-corrected chi connectivity index (χ3v) is 2.50. The molecule has 1 saturated heterocycles. The highest BCUT2D eigenvalue weighted by atomic mass is 79.9. The van der Waals surface area contributed by atoms with Gasteiger partial charge >= 0.3 is 0 Å². The molecule has 1 rings (SSSR count). The lowest BCUT2D eigenvalue weighted by Gasteiger charge is -2.30. The Morgan fingerprint density at radius 1 is 1.67 bits per heavy atom. The molecule has 0 aromatic carbocycles. The molecule has 54 valence electrons. The second kappa shape index (κ2) is 3.19. The first-order valence-corrected chi connectivity index (χ1v) is 4.33. The predicted octanol–water partition coefficient (Wildman–Crippen LogP) is 0.854. The number of hydrogen-bond donors (Lipinski definition) is 2. The quantitative estimate of drug-likeness (QED) is 0.461. The number of nitrogens with one attached hydrogen (secondary N) is 2. The van der Waals surface area contributed by atoms with Gasteiger partial charge in [-0.15, -0.1) is 11.6 Å². The summed E-state index contributed by atoms with van der Waals surface area (Å²) in [7, 11) is 0. The van der Waals surface area contributed by atoms with Crippen molar-refractivity contribution in [2.24, 2.45) is 0 Å². The number of halogens is 2. The highest BCUT2D eigenvalue weighted by Gasteiger charge is 2.21. The first kappa shape index (κ1) is 7.79. The minimum atomic E-state index is 0.0683. The molecule has 2 N–H and O–H groups in total. The predicted molar refractivity (Wildman–Crippen MR) is 43.0 cm³/mol. The van der Waals surface area contributed by atoms with Crippen LogP contribution < -0.4 is 10.6 Å². The van der Waals surface area contributed by atoms with E-state index >= 15 is 0 Å². The van der Waals surface area contributed by atoms with Gasteiger partial charge in [-0.3, -0.25) is 10.6 Å². The molecule has 0 radical (unpaired) electrons. The zero-order valence-corrected chi connectivity index (χ0v) is 7.54. The molecule has 1 fully saturated rings. The Morgan fingerprint density at radius 2 is 2.33 bits per heavy atom. The van der Waals surface area contributed by atoms with Crippen LogP contribution in [0.3, 0.4) is 0 Å². The van der Waals surface area contributed by atoms with Crippen LogP contribution in [0.2, 0.25) is 0 Å². The molecule has 0 spiro atoms. The molecule has 0 aromatic heterocycles. The maximum Gasteiger partial charge on any atom is 0.0979 e. The van der Waals surface area contributed by atoms with Crippen LogP contribution in [0.5, 0.6) is 0 Å². The Bertz CT molecular complexity index is 101. The van der Waals surface area contributed by atoms with Gasteiger partial charge in [0, 0.05) is 12.6 Å². The van der Waals surface area contributed by atoms with Gasteiger partial charge in [0.1, 0.15) is 0 Å². The molecule has 1 aliphatic rings. The third-order valence-electron chi connectivity index (χ3n) is 1.37. The fourth-order valence-electron chi connectivity index (χ4n) is 0.821. The molecule has 0 aliphatic carbocycles. The van der Waals surface area contributed by atoms with Crippen molar-refractivity contribution in [1.82, 2.24) is 10.6 Å². The van der Waals surface area contributed by atoms with Gasteiger partial charge in [0.2, 0.25) is 0 Å². The largest absolute Gasteiger partial charge is 0.298 e. The molecule has 1 heterocycles. The fraction of sp³-hybridized carbons (Fsp3) is 1.00. The SMILES string of the molecule is CC1NC(Br)CNC1Cl. The summed E-state index contributed by atoms with van der Waals surface area (Å²) in [4.78, 5) is 0.363. The van der Waals surface area contributed by atoms with Gasteiger partial charge in [0.25, 0.3) is 0 Å². The lowest BCUT2D eigenvalue weighted by atomic mass is 10.3. The summed E-state index contributed by atoms with van der Waals surface area (Å²) in [6.07, 6.45) is 0. The summed E-state index contributed by atoms with van der Waals surface area (Å²) < 4.78 is 0. The highest BCUT2D eigenvalue weighted by Crippen LogP contribution is 2.08. The van der Waals surface area contributed by atoms with Crippen molar-refractivity contribution in [3.8, 4) is 0 Å². The molecule has 3 atom stereocenters. The molecule has 2 nitrogen and oxygen atoms in total. The van der Waals surface area contributed by atoms with E-state index in [1.54, 1.807) is 0 Å². The van der Waals surface area contributed by atoms with Crippen LogP contribution in [0.25, 0.3) is 0 Å². The average molecular weight is 214 g/mol. The summed E-state index contributed by atoms with van der Waals surface area (Å²) >= 11 is 9.26. The van der Waals surface area contributed by atoms with Crippen LogP contribution >= 0.6 is 27.5 Å². The van der Waals surface area contributed by atoms with Crippen molar-refractivity contribution in [3.05, 3.63) is 0 Å². The highest BCUT2D eigenvalue weighted by molar-refractivity contribution is 9.09. The smallest absolute Gasteiger partial charge is 0.0979 e. The second-order valence-corrected chi connectivity index (χ2v) is 3.81. The van der Waals surface area contributed by atoms with Gasteiger partial charge in [-0.25, -0.2) is 0 Å². The van der Waals surface area contributed by atoms with Gasteiger partial charge in [0.15, 0.2) is 0 Å². The average Bonchev–Trinajstić information content (AvgIpc) is 1.80. The van der Waals surface area contributed by atoms with Crippen LogP contribution in [0.15, 0.2) is 0 Å². The van der Waals surface area contributed by atoms with E-state index < -0.39 is 0 Å². The van der Waals surface area contributed by atoms with Gasteiger partial charge in [-0.05, 0) is 6.92 Å². The van der Waals surface area contributed by atoms with E-state index in [2.05, 4.69) is 33.5 Å². The van der Waals surface area contributed by atoms with Crippen molar-refractivity contribution in [1.29, 1.82) is 0 Å². The van der Waals surface area contributed by atoms with Crippen molar-refractivity contribution in [2.75, 3.05) is 6.54 Å². The van der Waals surface area contributed by atoms with E-state index in [1.807, 2.05) is 0 Å². The van der Waals surface area contributed by atoms with Crippen LogP contribution in [-0.2, 0) is 0 Å². The van der Waals surface area contributed by atoms with Crippen LogP contribution in [0.4, 0.5) is 0 Å². The summed E-state index contributed by atoms with van der Waals surface area (Å²) in [6.45, 7) is 2.94. The maximum absolute atomic E-state index is 5.84. The number of rotatable bonds is 0.